The number of imide groups is 1. The van der Waals surface area contributed by atoms with Gasteiger partial charge in [0.15, 0.2) is 0 Å². The molecular formula is C13H16N2O3. The van der Waals surface area contributed by atoms with Gasteiger partial charge < -0.3 is 10.4 Å². The summed E-state index contributed by atoms with van der Waals surface area (Å²) >= 11 is 0. The second-order valence-corrected chi connectivity index (χ2v) is 5.10. The first-order valence-corrected chi connectivity index (χ1v) is 5.72. The third-order valence-electron chi connectivity index (χ3n) is 2.81. The first-order chi connectivity index (χ1) is 8.29. The van der Waals surface area contributed by atoms with Crippen molar-refractivity contribution >= 4 is 17.5 Å². The molecule has 2 amide bonds. The first-order valence-electron chi connectivity index (χ1n) is 5.72. The zero-order valence-corrected chi connectivity index (χ0v) is 10.7. The molecule has 96 valence electrons. The molecule has 2 N–H and O–H groups in total. The normalized spacial score (nSPS) is 15.0. The minimum Gasteiger partial charge on any atom is -0.389 e. The van der Waals surface area contributed by atoms with Crippen LogP contribution in [-0.4, -0.2) is 41.0 Å². The molecule has 0 fully saturated rings. The number of benzene rings is 1. The molecule has 1 aliphatic rings. The minimum atomic E-state index is -0.838. The summed E-state index contributed by atoms with van der Waals surface area (Å²) in [7, 11) is 1.47. The summed E-state index contributed by atoms with van der Waals surface area (Å²) in [6.07, 6.45) is 0. The molecule has 0 atom stereocenters. The van der Waals surface area contributed by atoms with Gasteiger partial charge in [-0.2, -0.15) is 0 Å². The Labute approximate surface area is 105 Å². The zero-order valence-electron chi connectivity index (χ0n) is 10.7. The molecule has 18 heavy (non-hydrogen) atoms. The molecule has 0 spiro atoms. The van der Waals surface area contributed by atoms with E-state index < -0.39 is 5.60 Å². The Morgan fingerprint density at radius 3 is 2.44 bits per heavy atom. The lowest BCUT2D eigenvalue weighted by Gasteiger charge is -2.18. The van der Waals surface area contributed by atoms with Gasteiger partial charge >= 0.3 is 0 Å². The molecule has 0 radical (unpaired) electrons. The van der Waals surface area contributed by atoms with Gasteiger partial charge in [-0.05, 0) is 32.0 Å². The third kappa shape index (κ3) is 2.22. The number of rotatable bonds is 3. The highest BCUT2D eigenvalue weighted by atomic mass is 16.3. The topological polar surface area (TPSA) is 69.6 Å². The Morgan fingerprint density at radius 2 is 1.83 bits per heavy atom. The van der Waals surface area contributed by atoms with Crippen LogP contribution in [0.15, 0.2) is 18.2 Å². The molecule has 2 rings (SSSR count). The van der Waals surface area contributed by atoms with E-state index in [2.05, 4.69) is 5.32 Å². The van der Waals surface area contributed by atoms with Crippen molar-refractivity contribution in [1.29, 1.82) is 0 Å². The smallest absolute Gasteiger partial charge is 0.261 e. The Morgan fingerprint density at radius 1 is 1.22 bits per heavy atom. The third-order valence-corrected chi connectivity index (χ3v) is 2.81. The van der Waals surface area contributed by atoms with Crippen molar-refractivity contribution < 1.29 is 14.7 Å². The molecule has 1 aromatic rings. The monoisotopic (exact) mass is 248 g/mol. The van der Waals surface area contributed by atoms with Crippen molar-refractivity contribution in [2.24, 2.45) is 0 Å². The van der Waals surface area contributed by atoms with Gasteiger partial charge in [-0.3, -0.25) is 14.5 Å². The quantitative estimate of drug-likeness (QED) is 0.786. The maximum absolute atomic E-state index is 11.8. The number of hydrogen-bond donors (Lipinski definition) is 2. The van der Waals surface area contributed by atoms with Crippen LogP contribution < -0.4 is 5.32 Å². The van der Waals surface area contributed by atoms with Gasteiger partial charge in [-0.15, -0.1) is 0 Å². The molecule has 5 nitrogen and oxygen atoms in total. The highest BCUT2D eigenvalue weighted by Crippen LogP contribution is 2.24. The highest BCUT2D eigenvalue weighted by molar-refractivity contribution is 6.21. The number of fused-ring (bicyclic) bond motifs is 1. The molecule has 0 saturated carbocycles. The van der Waals surface area contributed by atoms with Gasteiger partial charge in [0.05, 0.1) is 16.7 Å². The standard InChI is InChI=1S/C13H16N2O3/c1-13(2,18)7-14-8-4-5-9-10(6-8)12(17)15(3)11(9)16/h4-6,14,18H,7H2,1-3H3. The van der Waals surface area contributed by atoms with E-state index in [9.17, 15) is 14.7 Å². The van der Waals surface area contributed by atoms with Crippen LogP contribution in [0.4, 0.5) is 5.69 Å². The van der Waals surface area contributed by atoms with Crippen LogP contribution >= 0.6 is 0 Å². The maximum Gasteiger partial charge on any atom is 0.261 e. The van der Waals surface area contributed by atoms with Crippen LogP contribution in [0, 0.1) is 0 Å². The number of hydrogen-bond acceptors (Lipinski definition) is 4. The summed E-state index contributed by atoms with van der Waals surface area (Å²) in [5.74, 6) is -0.564. The van der Waals surface area contributed by atoms with E-state index in [1.807, 2.05) is 0 Å². The number of nitrogens with zero attached hydrogens (tertiary/aromatic N) is 1. The van der Waals surface area contributed by atoms with Crippen LogP contribution in [-0.2, 0) is 0 Å². The molecule has 0 aromatic heterocycles. The van der Waals surface area contributed by atoms with E-state index in [0.717, 1.165) is 4.90 Å². The van der Waals surface area contributed by atoms with Gasteiger partial charge in [0, 0.05) is 19.3 Å². The number of amides is 2. The zero-order chi connectivity index (χ0) is 13.5. The molecule has 1 heterocycles. The number of carbonyl (C=O) groups is 2. The second kappa shape index (κ2) is 4.10. The van der Waals surface area contributed by atoms with Crippen molar-refractivity contribution in [3.8, 4) is 0 Å². The average molecular weight is 248 g/mol. The van der Waals surface area contributed by atoms with Crippen LogP contribution in [0.2, 0.25) is 0 Å². The van der Waals surface area contributed by atoms with Gasteiger partial charge in [0.1, 0.15) is 0 Å². The van der Waals surface area contributed by atoms with Gasteiger partial charge in [0.2, 0.25) is 0 Å². The lowest BCUT2D eigenvalue weighted by molar-refractivity contribution is 0.0693. The molecule has 0 aliphatic carbocycles. The van der Waals surface area contributed by atoms with E-state index >= 15 is 0 Å². The van der Waals surface area contributed by atoms with Crippen molar-refractivity contribution in [3.63, 3.8) is 0 Å². The molecule has 0 bridgehead atoms. The largest absolute Gasteiger partial charge is 0.389 e. The van der Waals surface area contributed by atoms with Crippen LogP contribution in [0.5, 0.6) is 0 Å². The molecular weight excluding hydrogens is 232 g/mol. The summed E-state index contributed by atoms with van der Waals surface area (Å²) in [5, 5.41) is 12.6. The van der Waals surface area contributed by atoms with E-state index in [0.29, 0.717) is 23.4 Å². The summed E-state index contributed by atoms with van der Waals surface area (Å²) in [6, 6.07) is 5.01. The lowest BCUT2D eigenvalue weighted by atomic mass is 10.1. The van der Waals surface area contributed by atoms with Crippen molar-refractivity contribution in [1.82, 2.24) is 4.90 Å². The fourth-order valence-corrected chi connectivity index (χ4v) is 1.79. The fourth-order valence-electron chi connectivity index (χ4n) is 1.79. The molecule has 0 unspecified atom stereocenters. The Balaban J connectivity index is 2.24. The Hall–Kier alpha value is -1.88. The predicted octanol–water partition coefficient (Wildman–Crippen LogP) is 1.10. The predicted molar refractivity (Wildman–Crippen MR) is 67.7 cm³/mol. The SMILES string of the molecule is CN1C(=O)c2ccc(NCC(C)(C)O)cc2C1=O. The molecule has 0 saturated heterocycles. The van der Waals surface area contributed by atoms with Crippen molar-refractivity contribution in [3.05, 3.63) is 29.3 Å². The maximum atomic E-state index is 11.8. The summed E-state index contributed by atoms with van der Waals surface area (Å²) in [4.78, 5) is 24.6. The van der Waals surface area contributed by atoms with Crippen molar-refractivity contribution in [2.75, 3.05) is 18.9 Å². The molecule has 1 aromatic carbocycles. The Kier molecular flexibility index (Phi) is 2.86. The number of nitrogens with one attached hydrogen (secondary N) is 1. The van der Waals surface area contributed by atoms with Crippen LogP contribution in [0.1, 0.15) is 34.6 Å². The van der Waals surface area contributed by atoms with E-state index in [1.165, 1.54) is 7.05 Å². The lowest BCUT2D eigenvalue weighted by Crippen LogP contribution is -2.29. The highest BCUT2D eigenvalue weighted by Gasteiger charge is 2.32. The number of aliphatic hydroxyl groups is 1. The van der Waals surface area contributed by atoms with E-state index in [1.54, 1.807) is 32.0 Å². The number of anilines is 1. The van der Waals surface area contributed by atoms with Crippen LogP contribution in [0.25, 0.3) is 0 Å². The van der Waals surface area contributed by atoms with Crippen LogP contribution in [0.3, 0.4) is 0 Å². The first kappa shape index (κ1) is 12.6. The van der Waals surface area contributed by atoms with E-state index in [-0.39, 0.29) is 11.8 Å². The summed E-state index contributed by atoms with van der Waals surface area (Å²) in [6.45, 7) is 3.75. The number of carbonyl (C=O) groups excluding carboxylic acids is 2. The van der Waals surface area contributed by atoms with E-state index in [4.69, 9.17) is 0 Å². The van der Waals surface area contributed by atoms with Gasteiger partial charge in [-0.1, -0.05) is 0 Å². The van der Waals surface area contributed by atoms with Gasteiger partial charge in [-0.25, -0.2) is 0 Å². The fraction of sp³-hybridized carbons (Fsp3) is 0.385. The summed E-state index contributed by atoms with van der Waals surface area (Å²) < 4.78 is 0. The van der Waals surface area contributed by atoms with Gasteiger partial charge in [0.25, 0.3) is 11.8 Å². The Bertz CT molecular complexity index is 517. The average Bonchev–Trinajstić information content (AvgIpc) is 2.51. The summed E-state index contributed by atoms with van der Waals surface area (Å²) in [5.41, 5.74) is 0.710. The second-order valence-electron chi connectivity index (χ2n) is 5.10. The van der Waals surface area contributed by atoms with Crippen molar-refractivity contribution in [2.45, 2.75) is 19.4 Å². The minimum absolute atomic E-state index is 0.274. The molecule has 5 heteroatoms. The molecule has 1 aliphatic heterocycles.